The Hall–Kier alpha value is -1.71. The number of halogens is 1. The second kappa shape index (κ2) is 7.45. The lowest BCUT2D eigenvalue weighted by Crippen LogP contribution is -2.30. The molecule has 0 saturated carbocycles. The average molecular weight is 361 g/mol. The van der Waals surface area contributed by atoms with Crippen molar-refractivity contribution in [3.8, 4) is 5.75 Å². The highest BCUT2D eigenvalue weighted by Gasteiger charge is 2.41. The van der Waals surface area contributed by atoms with E-state index < -0.39 is 27.7 Å². The molecule has 0 unspecified atom stereocenters. The first-order valence-corrected chi connectivity index (χ1v) is 8.85. The predicted molar refractivity (Wildman–Crippen MR) is 82.8 cm³/mol. The number of methoxy groups -OCH3 is 1. The monoisotopic (exact) mass is 361 g/mol. The Labute approximate surface area is 140 Å². The van der Waals surface area contributed by atoms with Crippen molar-refractivity contribution in [2.24, 2.45) is 11.8 Å². The number of aliphatic carboxylic acids is 1. The van der Waals surface area contributed by atoms with Gasteiger partial charge < -0.3 is 14.6 Å². The largest absolute Gasteiger partial charge is 0.490 e. The highest BCUT2D eigenvalue weighted by molar-refractivity contribution is 7.89. The van der Waals surface area contributed by atoms with Crippen LogP contribution in [-0.2, 0) is 19.6 Å². The van der Waals surface area contributed by atoms with Gasteiger partial charge in [-0.05, 0) is 24.1 Å². The highest BCUT2D eigenvalue weighted by atomic mass is 32.2. The molecule has 134 valence electrons. The van der Waals surface area contributed by atoms with Gasteiger partial charge in [0.25, 0.3) is 0 Å². The number of nitrogens with zero attached hydrogens (tertiary/aromatic N) is 1. The van der Waals surface area contributed by atoms with Crippen molar-refractivity contribution in [1.82, 2.24) is 4.31 Å². The lowest BCUT2D eigenvalue weighted by molar-refractivity contribution is -0.142. The number of carboxylic acids is 1. The molecule has 1 aromatic carbocycles. The van der Waals surface area contributed by atoms with E-state index in [-0.39, 0.29) is 42.9 Å². The Morgan fingerprint density at radius 3 is 2.67 bits per heavy atom. The SMILES string of the molecule is COCCOc1ccc(F)cc1S(=O)(=O)N1C[C@@H](C)[C@H](C(=O)O)C1. The van der Waals surface area contributed by atoms with Crippen LogP contribution in [0.1, 0.15) is 6.92 Å². The van der Waals surface area contributed by atoms with Crippen LogP contribution in [0, 0.1) is 17.7 Å². The van der Waals surface area contributed by atoms with Crippen LogP contribution in [0.3, 0.4) is 0 Å². The Kier molecular flexibility index (Phi) is 5.79. The first-order chi connectivity index (χ1) is 11.3. The quantitative estimate of drug-likeness (QED) is 0.734. The van der Waals surface area contributed by atoms with Crippen LogP contribution in [0.15, 0.2) is 23.1 Å². The number of hydrogen-bond acceptors (Lipinski definition) is 5. The van der Waals surface area contributed by atoms with Gasteiger partial charge in [0.1, 0.15) is 23.1 Å². The van der Waals surface area contributed by atoms with E-state index >= 15 is 0 Å². The number of benzene rings is 1. The van der Waals surface area contributed by atoms with Gasteiger partial charge in [-0.2, -0.15) is 4.31 Å². The summed E-state index contributed by atoms with van der Waals surface area (Å²) in [6.07, 6.45) is 0. The first-order valence-electron chi connectivity index (χ1n) is 7.41. The second-order valence-electron chi connectivity index (χ2n) is 5.68. The molecule has 24 heavy (non-hydrogen) atoms. The highest BCUT2D eigenvalue weighted by Crippen LogP contribution is 2.33. The molecule has 0 spiro atoms. The molecule has 1 fully saturated rings. The van der Waals surface area contributed by atoms with Gasteiger partial charge in [-0.1, -0.05) is 6.92 Å². The minimum Gasteiger partial charge on any atom is -0.490 e. The summed E-state index contributed by atoms with van der Waals surface area (Å²) in [5, 5.41) is 9.16. The average Bonchev–Trinajstić information content (AvgIpc) is 2.92. The molecule has 1 aliphatic rings. The fraction of sp³-hybridized carbons (Fsp3) is 0.533. The third-order valence-corrected chi connectivity index (χ3v) is 5.82. The predicted octanol–water partition coefficient (Wildman–Crippen LogP) is 1.19. The molecule has 1 N–H and O–H groups in total. The number of rotatable bonds is 7. The number of hydrogen-bond donors (Lipinski definition) is 1. The zero-order valence-electron chi connectivity index (χ0n) is 13.4. The van der Waals surface area contributed by atoms with Crippen molar-refractivity contribution in [2.75, 3.05) is 33.4 Å². The Morgan fingerprint density at radius 1 is 1.38 bits per heavy atom. The minimum absolute atomic E-state index is 0.0138. The van der Waals surface area contributed by atoms with Crippen LogP contribution < -0.4 is 4.74 Å². The van der Waals surface area contributed by atoms with Gasteiger partial charge in [-0.3, -0.25) is 4.79 Å². The van der Waals surface area contributed by atoms with Gasteiger partial charge in [0.15, 0.2) is 0 Å². The summed E-state index contributed by atoms with van der Waals surface area (Å²) in [6, 6.07) is 3.23. The smallest absolute Gasteiger partial charge is 0.308 e. The van der Waals surface area contributed by atoms with Crippen LogP contribution in [0.4, 0.5) is 4.39 Å². The summed E-state index contributed by atoms with van der Waals surface area (Å²) in [5.41, 5.74) is 0. The number of ether oxygens (including phenoxy) is 2. The zero-order valence-corrected chi connectivity index (χ0v) is 14.3. The van der Waals surface area contributed by atoms with Crippen molar-refractivity contribution in [3.05, 3.63) is 24.0 Å². The molecule has 2 atom stereocenters. The minimum atomic E-state index is -4.06. The third kappa shape index (κ3) is 3.85. The molecule has 1 aliphatic heterocycles. The molecule has 0 aliphatic carbocycles. The van der Waals surface area contributed by atoms with E-state index in [9.17, 15) is 17.6 Å². The van der Waals surface area contributed by atoms with Crippen LogP contribution in [-0.4, -0.2) is 57.2 Å². The molecule has 0 bridgehead atoms. The summed E-state index contributed by atoms with van der Waals surface area (Å²) in [5.74, 6) is -2.86. The fourth-order valence-electron chi connectivity index (χ4n) is 2.62. The van der Waals surface area contributed by atoms with Crippen LogP contribution in [0.5, 0.6) is 5.75 Å². The van der Waals surface area contributed by atoms with E-state index in [0.717, 1.165) is 16.4 Å². The summed E-state index contributed by atoms with van der Waals surface area (Å²) in [7, 11) is -2.59. The maximum atomic E-state index is 13.6. The number of carboxylic acid groups (broad SMARTS) is 1. The fourth-order valence-corrected chi connectivity index (χ4v) is 4.33. The van der Waals surface area contributed by atoms with Gasteiger partial charge >= 0.3 is 5.97 Å². The Morgan fingerprint density at radius 2 is 2.08 bits per heavy atom. The van der Waals surface area contributed by atoms with Crippen LogP contribution >= 0.6 is 0 Å². The van der Waals surface area contributed by atoms with Crippen molar-refractivity contribution in [1.29, 1.82) is 0 Å². The molecular weight excluding hydrogens is 341 g/mol. The van der Waals surface area contributed by atoms with Crippen molar-refractivity contribution in [3.63, 3.8) is 0 Å². The maximum Gasteiger partial charge on any atom is 0.308 e. The third-order valence-electron chi connectivity index (χ3n) is 3.96. The Bertz CT molecular complexity index is 708. The van der Waals surface area contributed by atoms with E-state index in [0.29, 0.717) is 0 Å². The molecule has 0 aromatic heterocycles. The molecule has 7 nitrogen and oxygen atoms in total. The van der Waals surface area contributed by atoms with Crippen molar-refractivity contribution in [2.45, 2.75) is 11.8 Å². The molecular formula is C15H20FNO6S. The molecule has 9 heteroatoms. The lowest BCUT2D eigenvalue weighted by Gasteiger charge is -2.19. The molecule has 0 amide bonds. The maximum absolute atomic E-state index is 13.6. The topological polar surface area (TPSA) is 93.1 Å². The van der Waals surface area contributed by atoms with Gasteiger partial charge in [-0.15, -0.1) is 0 Å². The molecule has 1 saturated heterocycles. The van der Waals surface area contributed by atoms with E-state index in [2.05, 4.69) is 0 Å². The second-order valence-corrected chi connectivity index (χ2v) is 7.58. The summed E-state index contributed by atoms with van der Waals surface area (Å²) in [4.78, 5) is 10.9. The number of carbonyl (C=O) groups is 1. The Balaban J connectivity index is 2.32. The summed E-state index contributed by atoms with van der Waals surface area (Å²) < 4.78 is 50.5. The van der Waals surface area contributed by atoms with Crippen LogP contribution in [0.2, 0.25) is 0 Å². The van der Waals surface area contributed by atoms with E-state index in [1.54, 1.807) is 6.92 Å². The lowest BCUT2D eigenvalue weighted by atomic mass is 9.99. The normalized spacial score (nSPS) is 21.8. The summed E-state index contributed by atoms with van der Waals surface area (Å²) >= 11 is 0. The van der Waals surface area contributed by atoms with E-state index in [4.69, 9.17) is 14.6 Å². The van der Waals surface area contributed by atoms with Gasteiger partial charge in [0.05, 0.1) is 12.5 Å². The summed E-state index contributed by atoms with van der Waals surface area (Å²) in [6.45, 7) is 1.95. The van der Waals surface area contributed by atoms with Crippen molar-refractivity contribution < 1.29 is 32.2 Å². The molecule has 1 aromatic rings. The molecule has 0 radical (unpaired) electrons. The van der Waals surface area contributed by atoms with Gasteiger partial charge in [-0.25, -0.2) is 12.8 Å². The zero-order chi connectivity index (χ0) is 17.9. The molecule has 1 heterocycles. The van der Waals surface area contributed by atoms with E-state index in [1.807, 2.05) is 0 Å². The van der Waals surface area contributed by atoms with Gasteiger partial charge in [0.2, 0.25) is 10.0 Å². The number of sulfonamides is 1. The van der Waals surface area contributed by atoms with Crippen molar-refractivity contribution >= 4 is 16.0 Å². The van der Waals surface area contributed by atoms with Gasteiger partial charge in [0, 0.05) is 20.2 Å². The van der Waals surface area contributed by atoms with Crippen LogP contribution in [0.25, 0.3) is 0 Å². The van der Waals surface area contributed by atoms with E-state index in [1.165, 1.54) is 13.2 Å². The first kappa shape index (κ1) is 18.6. The standard InChI is InChI=1S/C15H20FNO6S/c1-10-8-17(9-12(10)15(18)19)24(20,21)14-7-11(16)3-4-13(14)23-6-5-22-2/h3-4,7,10,12H,5-6,8-9H2,1-2H3,(H,18,19)/t10-,12-/m1/s1. The molecule has 2 rings (SSSR count).